The normalized spacial score (nSPS) is 21.2. The van der Waals surface area contributed by atoms with Crippen LogP contribution in [0, 0.1) is 19.8 Å². The molecular formula is C22H29FN4. The zero-order valence-electron chi connectivity index (χ0n) is 16.5. The summed E-state index contributed by atoms with van der Waals surface area (Å²) in [5, 5.41) is 5.74. The number of aryl methyl sites for hydroxylation is 3. The summed E-state index contributed by atoms with van der Waals surface area (Å²) in [6, 6.07) is 4.51. The number of nitrogens with zero attached hydrogens (tertiary/aromatic N) is 3. The molecule has 2 aromatic heterocycles. The number of aromatic nitrogens is 3. The highest BCUT2D eigenvalue weighted by Crippen LogP contribution is 2.37. The van der Waals surface area contributed by atoms with Gasteiger partial charge in [0.1, 0.15) is 6.67 Å². The van der Waals surface area contributed by atoms with Crippen molar-refractivity contribution < 1.29 is 4.39 Å². The number of aromatic amines is 1. The van der Waals surface area contributed by atoms with Gasteiger partial charge in [-0.05, 0) is 67.5 Å². The van der Waals surface area contributed by atoms with Crippen molar-refractivity contribution in [2.45, 2.75) is 32.6 Å². The van der Waals surface area contributed by atoms with E-state index in [2.05, 4.69) is 47.2 Å². The van der Waals surface area contributed by atoms with Gasteiger partial charge in [0.15, 0.2) is 0 Å². The van der Waals surface area contributed by atoms with Crippen LogP contribution in [-0.4, -0.2) is 46.0 Å². The van der Waals surface area contributed by atoms with Crippen LogP contribution in [0.4, 0.5) is 4.39 Å². The molecule has 1 aliphatic heterocycles. The van der Waals surface area contributed by atoms with Crippen molar-refractivity contribution in [2.75, 3.05) is 26.3 Å². The van der Waals surface area contributed by atoms with Crippen molar-refractivity contribution in [1.82, 2.24) is 19.7 Å². The first kappa shape index (κ1) is 18.2. The molecule has 0 bridgehead atoms. The quantitative estimate of drug-likeness (QED) is 0.735. The van der Waals surface area contributed by atoms with Gasteiger partial charge < -0.3 is 9.88 Å². The third-order valence-corrected chi connectivity index (χ3v) is 6.24. The summed E-state index contributed by atoms with van der Waals surface area (Å²) in [5.74, 6) is 0.943. The number of alkyl halides is 1. The fraction of sp³-hybridized carbons (Fsp3) is 0.500. The number of nitrogens with one attached hydrogen (secondary N) is 1. The molecular weight excluding hydrogens is 339 g/mol. The maximum Gasteiger partial charge on any atom is 0.102 e. The Morgan fingerprint density at radius 3 is 2.89 bits per heavy atom. The van der Waals surface area contributed by atoms with Crippen molar-refractivity contribution in [3.63, 3.8) is 0 Å². The maximum absolute atomic E-state index is 12.9. The summed E-state index contributed by atoms with van der Waals surface area (Å²) in [5.41, 5.74) is 6.66. The fourth-order valence-corrected chi connectivity index (χ4v) is 4.82. The second kappa shape index (κ2) is 7.47. The number of likely N-dealkylation sites (tertiary alicyclic amines) is 1. The van der Waals surface area contributed by atoms with E-state index in [4.69, 9.17) is 0 Å². The van der Waals surface area contributed by atoms with E-state index < -0.39 is 0 Å². The third kappa shape index (κ3) is 3.53. The summed E-state index contributed by atoms with van der Waals surface area (Å²) in [6.07, 6.45) is 8.32. The van der Waals surface area contributed by atoms with Crippen molar-refractivity contribution in [3.05, 3.63) is 53.0 Å². The van der Waals surface area contributed by atoms with Gasteiger partial charge in [0.05, 0.1) is 6.20 Å². The average molecular weight is 369 g/mol. The van der Waals surface area contributed by atoms with Gasteiger partial charge in [-0.15, -0.1) is 0 Å². The van der Waals surface area contributed by atoms with Crippen LogP contribution in [0.15, 0.2) is 30.7 Å². The van der Waals surface area contributed by atoms with Crippen LogP contribution in [0.25, 0.3) is 10.9 Å². The molecule has 1 saturated heterocycles. The minimum absolute atomic E-state index is 0.272. The van der Waals surface area contributed by atoms with Crippen LogP contribution < -0.4 is 0 Å². The van der Waals surface area contributed by atoms with Crippen LogP contribution in [0.3, 0.4) is 0 Å². The molecule has 27 heavy (non-hydrogen) atoms. The van der Waals surface area contributed by atoms with Gasteiger partial charge in [-0.3, -0.25) is 4.68 Å². The van der Waals surface area contributed by atoms with E-state index in [-0.39, 0.29) is 6.67 Å². The molecule has 2 atom stereocenters. The predicted molar refractivity (Wildman–Crippen MR) is 108 cm³/mol. The SMILES string of the molecule is Cc1cc(C)c2[nH]ccc2c1CC1CCN(CCF)CC1c1cnn(C)c1. The highest BCUT2D eigenvalue weighted by molar-refractivity contribution is 5.87. The van der Waals surface area contributed by atoms with Gasteiger partial charge in [-0.2, -0.15) is 5.10 Å². The molecule has 0 spiro atoms. The largest absolute Gasteiger partial charge is 0.361 e. The standard InChI is InChI=1S/C22H29FN4/c1-15-10-16(2)22-19(4-7-24-22)20(15)11-17-5-8-27(9-6-23)14-21(17)18-12-25-26(3)13-18/h4,7,10,12-13,17,21,24H,5-6,8-9,11,14H2,1-3H3. The van der Waals surface area contributed by atoms with E-state index in [1.165, 1.54) is 33.2 Å². The molecule has 0 amide bonds. The Labute approximate surface area is 160 Å². The lowest BCUT2D eigenvalue weighted by Crippen LogP contribution is -2.41. The molecule has 0 saturated carbocycles. The van der Waals surface area contributed by atoms with Crippen molar-refractivity contribution in [3.8, 4) is 0 Å². The first-order chi connectivity index (χ1) is 13.1. The summed E-state index contributed by atoms with van der Waals surface area (Å²) in [6.45, 7) is 6.56. The van der Waals surface area contributed by atoms with Gasteiger partial charge in [0, 0.05) is 49.4 Å². The highest BCUT2D eigenvalue weighted by atomic mass is 19.1. The van der Waals surface area contributed by atoms with Crippen LogP contribution in [0.2, 0.25) is 0 Å². The topological polar surface area (TPSA) is 36.9 Å². The van der Waals surface area contributed by atoms with Gasteiger partial charge in [0.25, 0.3) is 0 Å². The molecule has 4 rings (SSSR count). The molecule has 1 aliphatic rings. The van der Waals surface area contributed by atoms with Crippen molar-refractivity contribution in [2.24, 2.45) is 13.0 Å². The zero-order chi connectivity index (χ0) is 19.0. The fourth-order valence-electron chi connectivity index (χ4n) is 4.82. The van der Waals surface area contributed by atoms with Gasteiger partial charge in [-0.25, -0.2) is 4.39 Å². The number of piperidine rings is 1. The molecule has 1 aromatic carbocycles. The highest BCUT2D eigenvalue weighted by Gasteiger charge is 2.32. The second-order valence-electron chi connectivity index (χ2n) is 8.05. The number of halogens is 1. The monoisotopic (exact) mass is 368 g/mol. The predicted octanol–water partition coefficient (Wildman–Crippen LogP) is 4.14. The Bertz CT molecular complexity index is 926. The summed E-state index contributed by atoms with van der Waals surface area (Å²) in [4.78, 5) is 5.67. The second-order valence-corrected chi connectivity index (χ2v) is 8.05. The van der Waals surface area contributed by atoms with E-state index in [0.717, 1.165) is 25.9 Å². The summed E-state index contributed by atoms with van der Waals surface area (Å²) in [7, 11) is 1.97. The Morgan fingerprint density at radius 2 is 2.15 bits per heavy atom. The van der Waals surface area contributed by atoms with Gasteiger partial charge >= 0.3 is 0 Å². The van der Waals surface area contributed by atoms with Crippen LogP contribution in [0.1, 0.15) is 34.6 Å². The third-order valence-electron chi connectivity index (χ3n) is 6.24. The maximum atomic E-state index is 12.9. The smallest absolute Gasteiger partial charge is 0.102 e. The Hall–Kier alpha value is -2.14. The number of H-pyrrole nitrogens is 1. The Kier molecular flexibility index (Phi) is 5.04. The molecule has 5 heteroatoms. The van der Waals surface area contributed by atoms with Crippen LogP contribution >= 0.6 is 0 Å². The zero-order valence-corrected chi connectivity index (χ0v) is 16.5. The lowest BCUT2D eigenvalue weighted by Gasteiger charge is -2.38. The number of rotatable bonds is 5. The van der Waals surface area contributed by atoms with E-state index >= 15 is 0 Å². The molecule has 2 unspecified atom stereocenters. The summed E-state index contributed by atoms with van der Waals surface area (Å²) >= 11 is 0. The Morgan fingerprint density at radius 1 is 1.30 bits per heavy atom. The lowest BCUT2D eigenvalue weighted by atomic mass is 9.77. The average Bonchev–Trinajstić information content (AvgIpc) is 3.29. The molecule has 1 fully saturated rings. The number of hydrogen-bond acceptors (Lipinski definition) is 2. The number of hydrogen-bond donors (Lipinski definition) is 1. The lowest BCUT2D eigenvalue weighted by molar-refractivity contribution is 0.149. The van der Waals surface area contributed by atoms with Crippen LogP contribution in [-0.2, 0) is 13.5 Å². The summed E-state index contributed by atoms with van der Waals surface area (Å²) < 4.78 is 14.8. The number of benzene rings is 1. The minimum atomic E-state index is -0.272. The molecule has 4 nitrogen and oxygen atoms in total. The Balaban J connectivity index is 1.66. The minimum Gasteiger partial charge on any atom is -0.361 e. The van der Waals surface area contributed by atoms with Gasteiger partial charge in [0.2, 0.25) is 0 Å². The van der Waals surface area contributed by atoms with E-state index in [1.807, 2.05) is 24.1 Å². The first-order valence-corrected chi connectivity index (χ1v) is 9.90. The number of fused-ring (bicyclic) bond motifs is 1. The van der Waals surface area contributed by atoms with Crippen molar-refractivity contribution >= 4 is 10.9 Å². The van der Waals surface area contributed by atoms with E-state index in [0.29, 0.717) is 18.4 Å². The van der Waals surface area contributed by atoms with E-state index in [1.54, 1.807) is 0 Å². The molecule has 144 valence electrons. The molecule has 3 aromatic rings. The van der Waals surface area contributed by atoms with Crippen molar-refractivity contribution in [1.29, 1.82) is 0 Å². The molecule has 0 aliphatic carbocycles. The van der Waals surface area contributed by atoms with Gasteiger partial charge in [-0.1, -0.05) is 6.07 Å². The van der Waals surface area contributed by atoms with Crippen LogP contribution in [0.5, 0.6) is 0 Å². The van der Waals surface area contributed by atoms with E-state index in [9.17, 15) is 4.39 Å². The molecule has 3 heterocycles. The molecule has 1 N–H and O–H groups in total. The molecule has 0 radical (unpaired) electrons. The first-order valence-electron chi connectivity index (χ1n) is 9.90.